The number of aryl methyl sites for hydroxylation is 1. The van der Waals surface area contributed by atoms with Crippen LogP contribution in [-0.4, -0.2) is 11.3 Å². The molecule has 0 atom stereocenters. The van der Waals surface area contributed by atoms with Gasteiger partial charge in [0.2, 0.25) is 0 Å². The first-order valence-corrected chi connectivity index (χ1v) is 5.72. The summed E-state index contributed by atoms with van der Waals surface area (Å²) in [5.41, 5.74) is 2.05. The van der Waals surface area contributed by atoms with Gasteiger partial charge in [0.1, 0.15) is 6.29 Å². The number of rotatable bonds is 1. The summed E-state index contributed by atoms with van der Waals surface area (Å²) in [6.07, 6.45) is 1.51. The summed E-state index contributed by atoms with van der Waals surface area (Å²) in [4.78, 5) is 12.3. The molecule has 1 aromatic heterocycles. The minimum Gasteiger partial charge on any atom is -0.357 e. The van der Waals surface area contributed by atoms with Crippen LogP contribution in [-0.2, 0) is 4.79 Å². The first-order chi connectivity index (χ1) is 7.58. The largest absolute Gasteiger partial charge is 0.357 e. The van der Waals surface area contributed by atoms with Crippen molar-refractivity contribution < 1.29 is 4.79 Å². The first-order valence-electron chi connectivity index (χ1n) is 4.96. The molecule has 0 spiro atoms. The second kappa shape index (κ2) is 5.92. The lowest BCUT2D eigenvalue weighted by Crippen LogP contribution is -1.71. The van der Waals surface area contributed by atoms with Crippen LogP contribution in [0, 0.1) is 6.92 Å². The van der Waals surface area contributed by atoms with Crippen molar-refractivity contribution in [3.8, 4) is 0 Å². The van der Waals surface area contributed by atoms with Crippen molar-refractivity contribution in [3.05, 3.63) is 33.9 Å². The van der Waals surface area contributed by atoms with Gasteiger partial charge in [0.25, 0.3) is 0 Å². The molecule has 0 radical (unpaired) electrons. The second-order valence-electron chi connectivity index (χ2n) is 3.38. The molecule has 0 saturated carbocycles. The molecule has 16 heavy (non-hydrogen) atoms. The molecule has 1 heterocycles. The van der Waals surface area contributed by atoms with Crippen LogP contribution in [0.5, 0.6) is 0 Å². The maximum atomic E-state index is 9.17. The van der Waals surface area contributed by atoms with Gasteiger partial charge < -0.3 is 9.78 Å². The van der Waals surface area contributed by atoms with Gasteiger partial charge in [-0.05, 0) is 25.1 Å². The van der Waals surface area contributed by atoms with Crippen LogP contribution in [0.3, 0.4) is 0 Å². The fourth-order valence-electron chi connectivity index (χ4n) is 1.31. The molecule has 0 unspecified atom stereocenters. The predicted octanol–water partition coefficient (Wildman–Crippen LogP) is 4.38. The summed E-state index contributed by atoms with van der Waals surface area (Å²) >= 11 is 11.8. The number of carbonyl (C=O) groups is 1. The summed E-state index contributed by atoms with van der Waals surface area (Å²) in [6, 6.07) is 5.65. The lowest BCUT2D eigenvalue weighted by molar-refractivity contribution is -0.107. The quantitative estimate of drug-likeness (QED) is 0.756. The molecule has 1 N–H and O–H groups in total. The molecule has 2 nitrogen and oxygen atoms in total. The van der Waals surface area contributed by atoms with Gasteiger partial charge in [0, 0.05) is 22.5 Å². The van der Waals surface area contributed by atoms with E-state index in [0.717, 1.165) is 22.9 Å². The van der Waals surface area contributed by atoms with Gasteiger partial charge in [0.05, 0.1) is 10.5 Å². The fraction of sp³-hybridized carbons (Fsp3) is 0.250. The van der Waals surface area contributed by atoms with Gasteiger partial charge in [-0.15, -0.1) is 0 Å². The smallest absolute Gasteiger partial charge is 0.119 e. The van der Waals surface area contributed by atoms with E-state index in [1.54, 1.807) is 6.07 Å². The molecule has 4 heteroatoms. The molecule has 0 saturated heterocycles. The maximum Gasteiger partial charge on any atom is 0.119 e. The van der Waals surface area contributed by atoms with E-state index in [4.69, 9.17) is 23.2 Å². The molecule has 0 aliphatic rings. The number of benzene rings is 1. The van der Waals surface area contributed by atoms with E-state index in [1.807, 2.05) is 26.0 Å². The first kappa shape index (κ1) is 13.1. The molecule has 0 amide bonds. The molecule has 1 aromatic carbocycles. The zero-order valence-corrected chi connectivity index (χ0v) is 10.7. The van der Waals surface area contributed by atoms with Crippen LogP contribution in [0.15, 0.2) is 18.2 Å². The lowest BCUT2D eigenvalue weighted by Gasteiger charge is -1.94. The Hall–Kier alpha value is -0.990. The Morgan fingerprint density at radius 2 is 1.94 bits per heavy atom. The number of H-pyrrole nitrogens is 1. The summed E-state index contributed by atoms with van der Waals surface area (Å²) in [5.74, 6) is 0. The van der Waals surface area contributed by atoms with Crippen molar-refractivity contribution >= 4 is 40.4 Å². The number of aromatic nitrogens is 1. The number of aldehydes is 1. The number of halogens is 2. The summed E-state index contributed by atoms with van der Waals surface area (Å²) in [5, 5.41) is 2.40. The van der Waals surface area contributed by atoms with E-state index in [9.17, 15) is 4.79 Å². The van der Waals surface area contributed by atoms with Crippen molar-refractivity contribution in [3.63, 3.8) is 0 Å². The number of nitrogens with one attached hydrogen (secondary N) is 1. The molecule has 86 valence electrons. The fourth-order valence-corrected chi connectivity index (χ4v) is 1.86. The lowest BCUT2D eigenvalue weighted by atomic mass is 10.2. The highest BCUT2D eigenvalue weighted by molar-refractivity contribution is 6.38. The molecule has 2 rings (SSSR count). The zero-order chi connectivity index (χ0) is 12.1. The number of aromatic amines is 1. The minimum atomic E-state index is 0.639. The second-order valence-corrected chi connectivity index (χ2v) is 4.22. The van der Waals surface area contributed by atoms with E-state index in [1.165, 1.54) is 0 Å². The highest BCUT2D eigenvalue weighted by atomic mass is 35.5. The highest BCUT2D eigenvalue weighted by Crippen LogP contribution is 2.27. The number of fused-ring (bicyclic) bond motifs is 1. The summed E-state index contributed by atoms with van der Waals surface area (Å²) in [7, 11) is 0. The third kappa shape index (κ3) is 3.26. The van der Waals surface area contributed by atoms with Gasteiger partial charge >= 0.3 is 0 Å². The van der Waals surface area contributed by atoms with Crippen molar-refractivity contribution in [1.82, 2.24) is 4.98 Å². The van der Waals surface area contributed by atoms with Crippen LogP contribution in [0.1, 0.15) is 19.0 Å². The summed E-state index contributed by atoms with van der Waals surface area (Å²) < 4.78 is 0. The van der Waals surface area contributed by atoms with Crippen molar-refractivity contribution in [1.29, 1.82) is 0 Å². The Balaban J connectivity index is 0.000000280. The number of carbonyl (C=O) groups excluding carboxylic acids is 1. The minimum absolute atomic E-state index is 0.639. The third-order valence-electron chi connectivity index (χ3n) is 1.95. The highest BCUT2D eigenvalue weighted by Gasteiger charge is 2.02. The van der Waals surface area contributed by atoms with Crippen LogP contribution in [0.4, 0.5) is 0 Å². The van der Waals surface area contributed by atoms with E-state index in [-0.39, 0.29) is 0 Å². The van der Waals surface area contributed by atoms with E-state index < -0.39 is 0 Å². The molecular formula is C12H13Cl2NO. The molecular weight excluding hydrogens is 245 g/mol. The van der Waals surface area contributed by atoms with Crippen LogP contribution < -0.4 is 0 Å². The Morgan fingerprint density at radius 1 is 1.31 bits per heavy atom. The van der Waals surface area contributed by atoms with Gasteiger partial charge in [0.15, 0.2) is 0 Å². The van der Waals surface area contributed by atoms with Crippen molar-refractivity contribution in [2.45, 2.75) is 20.3 Å². The Morgan fingerprint density at radius 3 is 2.50 bits per heavy atom. The molecule has 0 bridgehead atoms. The van der Waals surface area contributed by atoms with Crippen LogP contribution in [0.2, 0.25) is 10.0 Å². The molecule has 0 aliphatic heterocycles. The topological polar surface area (TPSA) is 32.9 Å². The van der Waals surface area contributed by atoms with Crippen molar-refractivity contribution in [2.24, 2.45) is 0 Å². The maximum absolute atomic E-state index is 9.17. The predicted molar refractivity (Wildman–Crippen MR) is 69.4 cm³/mol. The Labute approximate surface area is 105 Å². The standard InChI is InChI=1S/C9H7Cl2N.C3H6O/c1-5-2-6-3-7(10)4-8(11)9(6)12-5;1-2-3-4/h2-4,12H,1H3;3H,2H2,1H3. The number of hydrogen-bond donors (Lipinski definition) is 1. The van der Waals surface area contributed by atoms with Gasteiger partial charge in [-0.1, -0.05) is 30.1 Å². The average molecular weight is 258 g/mol. The summed E-state index contributed by atoms with van der Waals surface area (Å²) in [6.45, 7) is 3.80. The van der Waals surface area contributed by atoms with Crippen LogP contribution in [0.25, 0.3) is 10.9 Å². The zero-order valence-electron chi connectivity index (χ0n) is 9.18. The van der Waals surface area contributed by atoms with Gasteiger partial charge in [-0.25, -0.2) is 0 Å². The average Bonchev–Trinajstić information content (AvgIpc) is 2.59. The van der Waals surface area contributed by atoms with E-state index >= 15 is 0 Å². The normalized spacial score (nSPS) is 9.75. The Bertz CT molecular complexity index is 491. The van der Waals surface area contributed by atoms with E-state index in [0.29, 0.717) is 16.5 Å². The van der Waals surface area contributed by atoms with E-state index in [2.05, 4.69) is 4.98 Å². The monoisotopic (exact) mass is 257 g/mol. The third-order valence-corrected chi connectivity index (χ3v) is 2.46. The van der Waals surface area contributed by atoms with Gasteiger partial charge in [-0.3, -0.25) is 0 Å². The van der Waals surface area contributed by atoms with Gasteiger partial charge in [-0.2, -0.15) is 0 Å². The molecule has 0 fully saturated rings. The number of hydrogen-bond acceptors (Lipinski definition) is 1. The SMILES string of the molecule is CCC=O.Cc1cc2cc(Cl)cc(Cl)c2[nH]1. The van der Waals surface area contributed by atoms with Crippen LogP contribution >= 0.6 is 23.2 Å². The molecule has 0 aliphatic carbocycles. The Kier molecular flexibility index (Phi) is 4.84. The molecule has 2 aromatic rings. The van der Waals surface area contributed by atoms with Crippen molar-refractivity contribution in [2.75, 3.05) is 0 Å².